The molecular weight excluding hydrogens is 188 g/mol. The summed E-state index contributed by atoms with van der Waals surface area (Å²) in [6.07, 6.45) is 1.63. The minimum Gasteiger partial charge on any atom is -0.461 e. The molecule has 0 aliphatic heterocycles. The summed E-state index contributed by atoms with van der Waals surface area (Å²) in [4.78, 5) is 8.36. The van der Waals surface area contributed by atoms with Crippen molar-refractivity contribution in [3.63, 3.8) is 0 Å². The van der Waals surface area contributed by atoms with Gasteiger partial charge < -0.3 is 4.42 Å². The smallest absolute Gasteiger partial charge is 0.173 e. The number of aryl methyl sites for hydroxylation is 2. The lowest BCUT2D eigenvalue weighted by Crippen LogP contribution is -1.89. The van der Waals surface area contributed by atoms with Crippen LogP contribution < -0.4 is 0 Å². The van der Waals surface area contributed by atoms with E-state index in [4.69, 9.17) is 4.42 Å². The van der Waals surface area contributed by atoms with Gasteiger partial charge in [0.2, 0.25) is 0 Å². The van der Waals surface area contributed by atoms with Crippen LogP contribution in [0.15, 0.2) is 16.7 Å². The van der Waals surface area contributed by atoms with E-state index in [0.29, 0.717) is 0 Å². The quantitative estimate of drug-likeness (QED) is 0.659. The molecule has 0 amide bonds. The van der Waals surface area contributed by atoms with Crippen molar-refractivity contribution in [1.82, 2.24) is 9.97 Å². The molecule has 2 rings (SSSR count). The summed E-state index contributed by atoms with van der Waals surface area (Å²) in [5, 5.41) is 0. The minimum absolute atomic E-state index is 0.788. The SMILES string of the molecule is CC.CC.Cc1nc(C)c2occc2n1. The maximum atomic E-state index is 5.18. The fraction of sp³-hybridized carbons (Fsp3) is 0.500. The summed E-state index contributed by atoms with van der Waals surface area (Å²) in [7, 11) is 0. The number of hydrogen-bond acceptors (Lipinski definition) is 3. The Morgan fingerprint density at radius 1 is 1.00 bits per heavy atom. The van der Waals surface area contributed by atoms with E-state index in [-0.39, 0.29) is 0 Å². The van der Waals surface area contributed by atoms with Crippen LogP contribution in [0.5, 0.6) is 0 Å². The fourth-order valence-corrected chi connectivity index (χ4v) is 1.15. The Balaban J connectivity index is 0.000000442. The largest absolute Gasteiger partial charge is 0.461 e. The molecule has 3 nitrogen and oxygen atoms in total. The summed E-state index contributed by atoms with van der Waals surface area (Å²) in [5.74, 6) is 0.788. The highest BCUT2D eigenvalue weighted by molar-refractivity contribution is 5.74. The molecule has 2 aromatic heterocycles. The van der Waals surface area contributed by atoms with Crippen LogP contribution in [0.25, 0.3) is 11.1 Å². The van der Waals surface area contributed by atoms with Crippen LogP contribution in [0.4, 0.5) is 0 Å². The lowest BCUT2D eigenvalue weighted by atomic mass is 10.3. The van der Waals surface area contributed by atoms with E-state index in [1.54, 1.807) is 6.26 Å². The van der Waals surface area contributed by atoms with Crippen molar-refractivity contribution in [3.8, 4) is 0 Å². The molecule has 0 atom stereocenters. The zero-order valence-corrected chi connectivity index (χ0v) is 10.5. The Morgan fingerprint density at radius 2 is 1.60 bits per heavy atom. The molecule has 0 aliphatic rings. The standard InChI is InChI=1S/C8H8N2O.2C2H6/c1-5-8-7(3-4-11-8)10-6(2)9-5;2*1-2/h3-4H,1-2H3;2*1-2H3. The molecule has 0 aliphatic carbocycles. The van der Waals surface area contributed by atoms with Gasteiger partial charge in [0.25, 0.3) is 0 Å². The number of hydrogen-bond donors (Lipinski definition) is 0. The lowest BCUT2D eigenvalue weighted by Gasteiger charge is -1.94. The topological polar surface area (TPSA) is 38.9 Å². The highest BCUT2D eigenvalue weighted by Gasteiger charge is 2.02. The van der Waals surface area contributed by atoms with Crippen LogP contribution in [0.1, 0.15) is 39.2 Å². The zero-order chi connectivity index (χ0) is 11.8. The van der Waals surface area contributed by atoms with Gasteiger partial charge in [-0.05, 0) is 13.8 Å². The third-order valence-electron chi connectivity index (χ3n) is 1.58. The molecule has 0 N–H and O–H groups in total. The molecule has 2 aromatic rings. The second-order valence-electron chi connectivity index (χ2n) is 2.49. The van der Waals surface area contributed by atoms with Gasteiger partial charge in [-0.15, -0.1) is 0 Å². The number of furan rings is 1. The molecule has 2 heterocycles. The van der Waals surface area contributed by atoms with Gasteiger partial charge in [-0.25, -0.2) is 9.97 Å². The maximum absolute atomic E-state index is 5.18. The van der Waals surface area contributed by atoms with E-state index in [1.807, 2.05) is 47.6 Å². The van der Waals surface area contributed by atoms with Crippen molar-refractivity contribution in [2.45, 2.75) is 41.5 Å². The lowest BCUT2D eigenvalue weighted by molar-refractivity contribution is 0.609. The second-order valence-corrected chi connectivity index (χ2v) is 2.49. The molecule has 15 heavy (non-hydrogen) atoms. The van der Waals surface area contributed by atoms with E-state index in [9.17, 15) is 0 Å². The van der Waals surface area contributed by atoms with Gasteiger partial charge >= 0.3 is 0 Å². The van der Waals surface area contributed by atoms with Crippen LogP contribution in [0.2, 0.25) is 0 Å². The number of fused-ring (bicyclic) bond motifs is 1. The zero-order valence-electron chi connectivity index (χ0n) is 10.5. The van der Waals surface area contributed by atoms with E-state index in [2.05, 4.69) is 9.97 Å². The Hall–Kier alpha value is -1.38. The van der Waals surface area contributed by atoms with Gasteiger partial charge in [-0.1, -0.05) is 27.7 Å². The number of rotatable bonds is 0. The van der Waals surface area contributed by atoms with E-state index in [1.165, 1.54) is 0 Å². The summed E-state index contributed by atoms with van der Waals surface area (Å²) in [6.45, 7) is 11.8. The molecule has 3 heteroatoms. The molecule has 0 unspecified atom stereocenters. The average molecular weight is 208 g/mol. The first-order valence-corrected chi connectivity index (χ1v) is 5.46. The Bertz CT molecular complexity index is 393. The summed E-state index contributed by atoms with van der Waals surface area (Å²) in [6, 6.07) is 1.84. The third-order valence-corrected chi connectivity index (χ3v) is 1.58. The Kier molecular flexibility index (Phi) is 6.34. The van der Waals surface area contributed by atoms with Gasteiger partial charge in [0, 0.05) is 6.07 Å². The highest BCUT2D eigenvalue weighted by atomic mass is 16.3. The maximum Gasteiger partial charge on any atom is 0.173 e. The van der Waals surface area contributed by atoms with Gasteiger partial charge in [-0.2, -0.15) is 0 Å². The Labute approximate surface area is 91.5 Å². The Morgan fingerprint density at radius 3 is 2.20 bits per heavy atom. The molecule has 84 valence electrons. The minimum atomic E-state index is 0.788. The van der Waals surface area contributed by atoms with Gasteiger partial charge in [0.15, 0.2) is 5.58 Å². The normalized spacial score (nSPS) is 8.67. The molecule has 0 radical (unpaired) electrons. The van der Waals surface area contributed by atoms with Gasteiger partial charge in [-0.3, -0.25) is 0 Å². The predicted molar refractivity (Wildman–Crippen MR) is 64.0 cm³/mol. The van der Waals surface area contributed by atoms with Crippen LogP contribution in [0, 0.1) is 13.8 Å². The van der Waals surface area contributed by atoms with E-state index in [0.717, 1.165) is 22.6 Å². The van der Waals surface area contributed by atoms with Crippen molar-refractivity contribution in [2.24, 2.45) is 0 Å². The summed E-state index contributed by atoms with van der Waals surface area (Å²) < 4.78 is 5.18. The average Bonchev–Trinajstić information content (AvgIpc) is 2.72. The molecule has 0 spiro atoms. The molecular formula is C12H20N2O. The first-order chi connectivity index (χ1) is 7.27. The highest BCUT2D eigenvalue weighted by Crippen LogP contribution is 2.15. The number of aromatic nitrogens is 2. The van der Waals surface area contributed by atoms with Crippen LogP contribution in [-0.2, 0) is 0 Å². The van der Waals surface area contributed by atoms with Crippen molar-refractivity contribution in [2.75, 3.05) is 0 Å². The van der Waals surface area contributed by atoms with Gasteiger partial charge in [0.1, 0.15) is 11.3 Å². The molecule has 0 saturated carbocycles. The third kappa shape index (κ3) is 3.35. The van der Waals surface area contributed by atoms with Crippen molar-refractivity contribution in [1.29, 1.82) is 0 Å². The first kappa shape index (κ1) is 13.6. The molecule has 0 fully saturated rings. The van der Waals surface area contributed by atoms with Crippen molar-refractivity contribution < 1.29 is 4.42 Å². The first-order valence-electron chi connectivity index (χ1n) is 5.46. The number of nitrogens with zero attached hydrogens (tertiary/aromatic N) is 2. The van der Waals surface area contributed by atoms with E-state index >= 15 is 0 Å². The van der Waals surface area contributed by atoms with E-state index < -0.39 is 0 Å². The van der Waals surface area contributed by atoms with Crippen LogP contribution in [0.3, 0.4) is 0 Å². The van der Waals surface area contributed by atoms with Crippen LogP contribution >= 0.6 is 0 Å². The summed E-state index contributed by atoms with van der Waals surface area (Å²) in [5.41, 5.74) is 2.57. The molecule has 0 bridgehead atoms. The van der Waals surface area contributed by atoms with Crippen molar-refractivity contribution in [3.05, 3.63) is 23.8 Å². The predicted octanol–water partition coefficient (Wildman–Crippen LogP) is 3.89. The van der Waals surface area contributed by atoms with Crippen molar-refractivity contribution >= 4 is 11.1 Å². The second kappa shape index (κ2) is 6.98. The molecule has 0 aromatic carbocycles. The monoisotopic (exact) mass is 208 g/mol. The molecule has 0 saturated heterocycles. The fourth-order valence-electron chi connectivity index (χ4n) is 1.15. The van der Waals surface area contributed by atoms with Gasteiger partial charge in [0.05, 0.1) is 12.0 Å². The summed E-state index contributed by atoms with van der Waals surface area (Å²) >= 11 is 0. The van der Waals surface area contributed by atoms with Crippen LogP contribution in [-0.4, -0.2) is 9.97 Å².